The third-order valence-electron chi connectivity index (χ3n) is 3.77. The van der Waals surface area contributed by atoms with Gasteiger partial charge < -0.3 is 9.47 Å². The first-order chi connectivity index (χ1) is 14.5. The fourth-order valence-electron chi connectivity index (χ4n) is 2.37. The number of amides is 1. The highest BCUT2D eigenvalue weighted by molar-refractivity contribution is 9.10. The molecule has 0 saturated heterocycles. The highest BCUT2D eigenvalue weighted by Crippen LogP contribution is 2.24. The van der Waals surface area contributed by atoms with Gasteiger partial charge in [0.25, 0.3) is 5.91 Å². The first-order valence-corrected chi connectivity index (χ1v) is 9.96. The van der Waals surface area contributed by atoms with E-state index in [1.165, 1.54) is 6.21 Å². The molecule has 3 aromatic rings. The minimum Gasteiger partial charge on any atom is -0.484 e. The maximum absolute atomic E-state index is 12.4. The summed E-state index contributed by atoms with van der Waals surface area (Å²) >= 11 is 9.41. The van der Waals surface area contributed by atoms with E-state index in [-0.39, 0.29) is 17.9 Å². The summed E-state index contributed by atoms with van der Waals surface area (Å²) in [4.78, 5) is 24.3. The summed E-state index contributed by atoms with van der Waals surface area (Å²) in [7, 11) is 0. The van der Waals surface area contributed by atoms with Gasteiger partial charge in [-0.15, -0.1) is 0 Å². The summed E-state index contributed by atoms with van der Waals surface area (Å²) in [6.45, 7) is -0.186. The van der Waals surface area contributed by atoms with Gasteiger partial charge in [0.2, 0.25) is 0 Å². The molecule has 0 spiro atoms. The van der Waals surface area contributed by atoms with E-state index in [1.54, 1.807) is 54.6 Å². The number of esters is 1. The monoisotopic (exact) mass is 486 g/mol. The molecule has 0 aromatic heterocycles. The zero-order valence-corrected chi connectivity index (χ0v) is 17.9. The third kappa shape index (κ3) is 6.17. The number of carbonyl (C=O) groups excluding carboxylic acids is 2. The van der Waals surface area contributed by atoms with Crippen molar-refractivity contribution in [1.29, 1.82) is 0 Å². The van der Waals surface area contributed by atoms with Crippen LogP contribution in [-0.2, 0) is 4.79 Å². The van der Waals surface area contributed by atoms with Crippen molar-refractivity contribution < 1.29 is 19.1 Å². The fourth-order valence-corrected chi connectivity index (χ4v) is 2.96. The predicted molar refractivity (Wildman–Crippen MR) is 118 cm³/mol. The van der Waals surface area contributed by atoms with Crippen LogP contribution in [0, 0.1) is 0 Å². The lowest BCUT2D eigenvalue weighted by molar-refractivity contribution is -0.123. The van der Waals surface area contributed by atoms with Crippen molar-refractivity contribution in [2.24, 2.45) is 5.10 Å². The molecule has 152 valence electrons. The predicted octanol–water partition coefficient (Wildman–Crippen LogP) is 4.85. The fraction of sp³-hybridized carbons (Fsp3) is 0.0455. The minimum atomic E-state index is -0.599. The number of rotatable bonds is 7. The van der Waals surface area contributed by atoms with Crippen LogP contribution in [0.5, 0.6) is 11.5 Å². The molecule has 1 amide bonds. The van der Waals surface area contributed by atoms with Crippen LogP contribution in [0.25, 0.3) is 0 Å². The van der Waals surface area contributed by atoms with Gasteiger partial charge in [0, 0.05) is 10.0 Å². The lowest BCUT2D eigenvalue weighted by Crippen LogP contribution is -2.24. The molecule has 0 heterocycles. The average Bonchev–Trinajstić information content (AvgIpc) is 2.75. The third-order valence-corrected chi connectivity index (χ3v) is 4.60. The van der Waals surface area contributed by atoms with Gasteiger partial charge in [-0.25, -0.2) is 10.2 Å². The number of nitrogens with zero attached hydrogens (tertiary/aromatic N) is 1. The Balaban J connectivity index is 1.64. The number of hydrogen-bond donors (Lipinski definition) is 1. The van der Waals surface area contributed by atoms with Crippen LogP contribution in [0.1, 0.15) is 15.9 Å². The Morgan fingerprint density at radius 1 is 1.03 bits per heavy atom. The maximum atomic E-state index is 12.4. The molecular weight excluding hydrogens is 472 g/mol. The molecule has 1 N–H and O–H groups in total. The standard InChI is InChI=1S/C22H16BrClN2O4/c23-16-10-11-20(30-22(28)18-8-4-5-9-19(18)24)15(12-16)13-25-26-21(27)14-29-17-6-2-1-3-7-17/h1-13H,14H2,(H,26,27)/b25-13-. The summed E-state index contributed by atoms with van der Waals surface area (Å²) in [6, 6.07) is 20.6. The van der Waals surface area contributed by atoms with Crippen molar-refractivity contribution in [3.63, 3.8) is 0 Å². The van der Waals surface area contributed by atoms with Gasteiger partial charge in [0.05, 0.1) is 16.8 Å². The van der Waals surface area contributed by atoms with E-state index in [9.17, 15) is 9.59 Å². The summed E-state index contributed by atoms with van der Waals surface area (Å²) in [6.07, 6.45) is 1.38. The van der Waals surface area contributed by atoms with Gasteiger partial charge in [-0.3, -0.25) is 4.79 Å². The van der Waals surface area contributed by atoms with Crippen molar-refractivity contribution in [3.8, 4) is 11.5 Å². The Labute approximate surface area is 186 Å². The molecule has 0 aliphatic carbocycles. The smallest absolute Gasteiger partial charge is 0.345 e. The van der Waals surface area contributed by atoms with Crippen LogP contribution < -0.4 is 14.9 Å². The van der Waals surface area contributed by atoms with Gasteiger partial charge >= 0.3 is 5.97 Å². The van der Waals surface area contributed by atoms with E-state index in [4.69, 9.17) is 21.1 Å². The van der Waals surface area contributed by atoms with E-state index in [2.05, 4.69) is 26.5 Å². The summed E-state index contributed by atoms with van der Waals surface area (Å²) in [5, 5.41) is 4.20. The van der Waals surface area contributed by atoms with Crippen molar-refractivity contribution in [3.05, 3.63) is 93.4 Å². The molecule has 0 aliphatic rings. The number of hydrogen-bond acceptors (Lipinski definition) is 5. The first-order valence-electron chi connectivity index (χ1n) is 8.79. The summed E-state index contributed by atoms with van der Waals surface area (Å²) in [5.74, 6) is -0.184. The van der Waals surface area contributed by atoms with Crippen LogP contribution in [-0.4, -0.2) is 24.7 Å². The topological polar surface area (TPSA) is 77.0 Å². The molecule has 0 bridgehead atoms. The molecule has 0 unspecified atom stereocenters. The van der Waals surface area contributed by atoms with E-state index < -0.39 is 11.9 Å². The molecule has 0 saturated carbocycles. The Bertz CT molecular complexity index is 1070. The molecule has 3 rings (SSSR count). The van der Waals surface area contributed by atoms with Crippen molar-refractivity contribution in [2.45, 2.75) is 0 Å². The SMILES string of the molecule is O=C(COc1ccccc1)N/N=C\c1cc(Br)ccc1OC(=O)c1ccccc1Cl. The van der Waals surface area contributed by atoms with E-state index in [1.807, 2.05) is 18.2 Å². The zero-order valence-electron chi connectivity index (χ0n) is 15.5. The normalized spacial score (nSPS) is 10.6. The molecular formula is C22H16BrClN2O4. The van der Waals surface area contributed by atoms with Crippen LogP contribution in [0.3, 0.4) is 0 Å². The Morgan fingerprint density at radius 2 is 1.77 bits per heavy atom. The average molecular weight is 488 g/mol. The summed E-state index contributed by atoms with van der Waals surface area (Å²) in [5.41, 5.74) is 3.10. The number of carbonyl (C=O) groups is 2. The minimum absolute atomic E-state index is 0.186. The lowest BCUT2D eigenvalue weighted by atomic mass is 10.2. The Morgan fingerprint density at radius 3 is 2.53 bits per heavy atom. The van der Waals surface area contributed by atoms with Gasteiger partial charge in [-0.05, 0) is 42.5 Å². The van der Waals surface area contributed by atoms with E-state index >= 15 is 0 Å². The summed E-state index contributed by atoms with van der Waals surface area (Å²) < 4.78 is 11.6. The second kappa shape index (κ2) is 10.6. The van der Waals surface area contributed by atoms with E-state index in [0.29, 0.717) is 16.3 Å². The Hall–Kier alpha value is -3.16. The maximum Gasteiger partial charge on any atom is 0.345 e. The van der Waals surface area contributed by atoms with Crippen LogP contribution in [0.2, 0.25) is 5.02 Å². The van der Waals surface area contributed by atoms with Crippen LogP contribution >= 0.6 is 27.5 Å². The van der Waals surface area contributed by atoms with Crippen LogP contribution in [0.4, 0.5) is 0 Å². The molecule has 6 nitrogen and oxygen atoms in total. The lowest BCUT2D eigenvalue weighted by Gasteiger charge is -2.09. The first kappa shape index (κ1) is 21.5. The quantitative estimate of drug-likeness (QED) is 0.224. The van der Waals surface area contributed by atoms with Gasteiger partial charge in [-0.1, -0.05) is 57.9 Å². The molecule has 0 atom stereocenters. The number of halogens is 2. The van der Waals surface area contributed by atoms with Gasteiger partial charge in [0.15, 0.2) is 6.61 Å². The van der Waals surface area contributed by atoms with Gasteiger partial charge in [-0.2, -0.15) is 5.10 Å². The second-order valence-corrected chi connectivity index (χ2v) is 7.27. The van der Waals surface area contributed by atoms with Crippen molar-refractivity contribution in [2.75, 3.05) is 6.61 Å². The molecule has 0 aliphatic heterocycles. The van der Waals surface area contributed by atoms with Gasteiger partial charge in [0.1, 0.15) is 11.5 Å². The number of para-hydroxylation sites is 1. The number of nitrogens with one attached hydrogen (secondary N) is 1. The Kier molecular flexibility index (Phi) is 7.59. The highest BCUT2D eigenvalue weighted by atomic mass is 79.9. The zero-order chi connectivity index (χ0) is 21.3. The number of benzene rings is 3. The highest BCUT2D eigenvalue weighted by Gasteiger charge is 2.14. The van der Waals surface area contributed by atoms with Crippen molar-refractivity contribution >= 4 is 45.6 Å². The second-order valence-electron chi connectivity index (χ2n) is 5.95. The molecule has 0 fully saturated rings. The van der Waals surface area contributed by atoms with Crippen molar-refractivity contribution in [1.82, 2.24) is 5.43 Å². The van der Waals surface area contributed by atoms with Crippen LogP contribution in [0.15, 0.2) is 82.4 Å². The molecule has 3 aromatic carbocycles. The number of ether oxygens (including phenoxy) is 2. The largest absolute Gasteiger partial charge is 0.484 e. The van der Waals surface area contributed by atoms with E-state index in [0.717, 1.165) is 4.47 Å². The molecule has 8 heteroatoms. The molecule has 0 radical (unpaired) electrons. The number of hydrazone groups is 1. The molecule has 30 heavy (non-hydrogen) atoms.